The molecule has 0 saturated carbocycles. The van der Waals surface area contributed by atoms with E-state index in [2.05, 4.69) is 39.1 Å². The first-order chi connectivity index (χ1) is 21.1. The van der Waals surface area contributed by atoms with Gasteiger partial charge in [-0.15, -0.1) is 0 Å². The molecule has 3 atom stereocenters. The molecule has 1 aromatic heterocycles. The van der Waals surface area contributed by atoms with Gasteiger partial charge >= 0.3 is 6.09 Å². The van der Waals surface area contributed by atoms with Gasteiger partial charge in [-0.05, 0) is 87.4 Å². The van der Waals surface area contributed by atoms with Gasteiger partial charge in [0.05, 0.1) is 34.9 Å². The van der Waals surface area contributed by atoms with Gasteiger partial charge in [0.25, 0.3) is 5.69 Å². The first-order valence-electron chi connectivity index (χ1n) is 15.0. The quantitative estimate of drug-likeness (QED) is 0.177. The van der Waals surface area contributed by atoms with Crippen molar-refractivity contribution in [3.8, 4) is 11.3 Å². The fourth-order valence-corrected chi connectivity index (χ4v) is 6.38. The summed E-state index contributed by atoms with van der Waals surface area (Å²) in [7, 11) is 0. The second kappa shape index (κ2) is 11.7. The molecule has 228 valence electrons. The molecule has 2 fully saturated rings. The summed E-state index contributed by atoms with van der Waals surface area (Å²) in [5.74, 6) is 0.447. The molecule has 2 aliphatic heterocycles. The topological polar surface area (TPSA) is 105 Å². The molecule has 1 amide bonds. The number of anilines is 1. The van der Waals surface area contributed by atoms with Gasteiger partial charge < -0.3 is 14.6 Å². The Balaban J connectivity index is 1.23. The first kappa shape index (κ1) is 29.3. The molecule has 2 saturated heterocycles. The number of likely N-dealkylation sites (tertiary alicyclic amines) is 1. The third kappa shape index (κ3) is 6.02. The van der Waals surface area contributed by atoms with Crippen molar-refractivity contribution in [2.24, 2.45) is 0 Å². The number of hydrogen-bond acceptors (Lipinski definition) is 6. The van der Waals surface area contributed by atoms with Crippen molar-refractivity contribution in [2.75, 3.05) is 11.4 Å². The fraction of sp³-hybridized carbons (Fsp3) is 0.353. The Morgan fingerprint density at radius 1 is 0.932 bits per heavy atom. The first-order valence-corrected chi connectivity index (χ1v) is 15.0. The van der Waals surface area contributed by atoms with E-state index >= 15 is 0 Å². The standard InChI is InChI=1S/C34H36FN5O4/c1-34(2,3)44-33(41)38-20-4-5-31(38)32-36-21-28(37-32)22-6-8-23(9-7-22)29-18-19-30(24-10-14-27(15-11-24)40(42)43)39(29)26-16-12-25(35)13-17-26/h6-17,21,29-31H,4-5,18-20H2,1-3H3,(H,36,37)/t29?,30?,31-/m0/s1. The van der Waals surface area contributed by atoms with Crippen molar-refractivity contribution in [2.45, 2.75) is 70.2 Å². The summed E-state index contributed by atoms with van der Waals surface area (Å²) in [6, 6.07) is 21.4. The van der Waals surface area contributed by atoms with E-state index in [9.17, 15) is 19.3 Å². The van der Waals surface area contributed by atoms with Crippen LogP contribution in [0, 0.1) is 15.9 Å². The predicted octanol–water partition coefficient (Wildman–Crippen LogP) is 8.28. The van der Waals surface area contributed by atoms with Gasteiger partial charge in [-0.3, -0.25) is 15.0 Å². The molecule has 3 heterocycles. The zero-order valence-corrected chi connectivity index (χ0v) is 25.1. The van der Waals surface area contributed by atoms with E-state index in [1.54, 1.807) is 23.2 Å². The number of hydrogen-bond donors (Lipinski definition) is 1. The minimum absolute atomic E-state index is 0.0135. The number of carbonyl (C=O) groups excluding carboxylic acids is 1. The number of non-ortho nitro benzene ring substituents is 1. The lowest BCUT2D eigenvalue weighted by Crippen LogP contribution is -2.36. The van der Waals surface area contributed by atoms with Crippen LogP contribution in [0.25, 0.3) is 11.3 Å². The molecule has 2 unspecified atom stereocenters. The van der Waals surface area contributed by atoms with Gasteiger partial charge in [0, 0.05) is 24.4 Å². The smallest absolute Gasteiger partial charge is 0.410 e. The molecule has 6 rings (SSSR count). The molecule has 0 spiro atoms. The van der Waals surface area contributed by atoms with E-state index in [4.69, 9.17) is 4.74 Å². The number of nitro benzene ring substituents is 1. The van der Waals surface area contributed by atoms with Crippen LogP contribution >= 0.6 is 0 Å². The van der Waals surface area contributed by atoms with Crippen molar-refractivity contribution in [1.29, 1.82) is 0 Å². The normalized spacial score (nSPS) is 20.2. The largest absolute Gasteiger partial charge is 0.444 e. The number of nitro groups is 1. The number of H-pyrrole nitrogens is 1. The number of imidazole rings is 1. The number of benzene rings is 3. The lowest BCUT2D eigenvalue weighted by atomic mass is 10.0. The van der Waals surface area contributed by atoms with Gasteiger partial charge in [-0.25, -0.2) is 14.2 Å². The maximum absolute atomic E-state index is 13.9. The Labute approximate surface area is 255 Å². The summed E-state index contributed by atoms with van der Waals surface area (Å²) in [5.41, 5.74) is 4.34. The molecular formula is C34H36FN5O4. The third-order valence-corrected chi connectivity index (χ3v) is 8.40. The number of aromatic nitrogens is 2. The zero-order chi connectivity index (χ0) is 31.0. The van der Waals surface area contributed by atoms with Crippen LogP contribution in [0.15, 0.2) is 79.0 Å². The number of nitrogens with zero attached hydrogens (tertiary/aromatic N) is 4. The van der Waals surface area contributed by atoms with Gasteiger partial charge in [0.15, 0.2) is 0 Å². The van der Waals surface area contributed by atoms with Crippen LogP contribution in [0.1, 0.15) is 81.5 Å². The maximum Gasteiger partial charge on any atom is 0.410 e. The minimum atomic E-state index is -0.562. The molecule has 2 aliphatic rings. The summed E-state index contributed by atoms with van der Waals surface area (Å²) in [5, 5.41) is 11.2. The van der Waals surface area contributed by atoms with E-state index in [0.29, 0.717) is 6.54 Å². The fourth-order valence-electron chi connectivity index (χ4n) is 6.38. The molecule has 0 aliphatic carbocycles. The van der Waals surface area contributed by atoms with Crippen molar-refractivity contribution in [3.63, 3.8) is 0 Å². The Kier molecular flexibility index (Phi) is 7.84. The van der Waals surface area contributed by atoms with Crippen LogP contribution in [0.5, 0.6) is 0 Å². The summed E-state index contributed by atoms with van der Waals surface area (Å²) in [4.78, 5) is 35.7. The number of aromatic amines is 1. The Morgan fingerprint density at radius 2 is 1.55 bits per heavy atom. The molecule has 1 N–H and O–H groups in total. The highest BCUT2D eigenvalue weighted by Crippen LogP contribution is 2.47. The lowest BCUT2D eigenvalue weighted by molar-refractivity contribution is -0.384. The van der Waals surface area contributed by atoms with E-state index in [-0.39, 0.29) is 35.7 Å². The van der Waals surface area contributed by atoms with Crippen LogP contribution in [-0.4, -0.2) is 38.0 Å². The lowest BCUT2D eigenvalue weighted by Gasteiger charge is -2.33. The van der Waals surface area contributed by atoms with Crippen molar-refractivity contribution in [1.82, 2.24) is 14.9 Å². The SMILES string of the molecule is CC(C)(C)OC(=O)N1CCC[C@H]1c1ncc(-c2ccc(C3CCC(c4ccc([N+](=O)[O-])cc4)N3c3ccc(F)cc3)cc2)[nH]1. The van der Waals surface area contributed by atoms with E-state index in [1.807, 2.05) is 32.9 Å². The highest BCUT2D eigenvalue weighted by atomic mass is 19.1. The third-order valence-electron chi connectivity index (χ3n) is 8.40. The molecule has 44 heavy (non-hydrogen) atoms. The van der Waals surface area contributed by atoms with Crippen LogP contribution in [0.2, 0.25) is 0 Å². The van der Waals surface area contributed by atoms with Crippen LogP contribution in [0.4, 0.5) is 20.6 Å². The Morgan fingerprint density at radius 3 is 2.14 bits per heavy atom. The summed E-state index contributed by atoms with van der Waals surface area (Å²) in [6.45, 7) is 6.23. The number of carbonyl (C=O) groups is 1. The maximum atomic E-state index is 13.9. The molecule has 9 nitrogen and oxygen atoms in total. The average Bonchev–Trinajstić information content (AvgIpc) is 3.77. The molecular weight excluding hydrogens is 561 g/mol. The number of ether oxygens (including phenoxy) is 1. The van der Waals surface area contributed by atoms with Crippen LogP contribution in [0.3, 0.4) is 0 Å². The van der Waals surface area contributed by atoms with Gasteiger partial charge in [-0.1, -0.05) is 36.4 Å². The second-order valence-electron chi connectivity index (χ2n) is 12.5. The molecule has 10 heteroatoms. The van der Waals surface area contributed by atoms with Gasteiger partial charge in [-0.2, -0.15) is 0 Å². The van der Waals surface area contributed by atoms with Crippen LogP contribution in [-0.2, 0) is 4.74 Å². The second-order valence-corrected chi connectivity index (χ2v) is 12.5. The zero-order valence-electron chi connectivity index (χ0n) is 25.1. The Bertz CT molecular complexity index is 1630. The number of amides is 1. The van der Waals surface area contributed by atoms with Crippen molar-refractivity contribution >= 4 is 17.5 Å². The molecule has 4 aromatic rings. The average molecular weight is 598 g/mol. The molecule has 0 bridgehead atoms. The van der Waals surface area contributed by atoms with E-state index < -0.39 is 10.5 Å². The number of halogens is 1. The Hall–Kier alpha value is -4.73. The van der Waals surface area contributed by atoms with E-state index in [0.717, 1.165) is 59.6 Å². The van der Waals surface area contributed by atoms with Crippen molar-refractivity contribution < 1.29 is 18.8 Å². The number of nitrogens with one attached hydrogen (secondary N) is 1. The predicted molar refractivity (Wildman–Crippen MR) is 166 cm³/mol. The summed E-state index contributed by atoms with van der Waals surface area (Å²) < 4.78 is 19.5. The van der Waals surface area contributed by atoms with Crippen LogP contribution < -0.4 is 4.90 Å². The van der Waals surface area contributed by atoms with Gasteiger partial charge in [0.1, 0.15) is 17.2 Å². The monoisotopic (exact) mass is 597 g/mol. The number of rotatable bonds is 6. The van der Waals surface area contributed by atoms with Gasteiger partial charge in [0.2, 0.25) is 0 Å². The highest BCUT2D eigenvalue weighted by Gasteiger charge is 2.37. The molecule has 0 radical (unpaired) electrons. The summed E-state index contributed by atoms with van der Waals surface area (Å²) in [6.07, 6.45) is 4.91. The minimum Gasteiger partial charge on any atom is -0.444 e. The van der Waals surface area contributed by atoms with Crippen molar-refractivity contribution in [3.05, 3.63) is 112 Å². The highest BCUT2D eigenvalue weighted by molar-refractivity contribution is 5.69. The summed E-state index contributed by atoms with van der Waals surface area (Å²) >= 11 is 0. The molecule has 3 aromatic carbocycles. The van der Waals surface area contributed by atoms with E-state index in [1.165, 1.54) is 24.3 Å².